The number of fused-ring (bicyclic) bond motifs is 1. The zero-order valence-electron chi connectivity index (χ0n) is 15.2. The van der Waals surface area contributed by atoms with Gasteiger partial charge < -0.3 is 4.74 Å². The van der Waals surface area contributed by atoms with Gasteiger partial charge in [-0.3, -0.25) is 9.36 Å². The largest absolute Gasteiger partial charge is 0.465 e. The minimum Gasteiger partial charge on any atom is -0.465 e. The summed E-state index contributed by atoms with van der Waals surface area (Å²) in [6, 6.07) is 12.8. The summed E-state index contributed by atoms with van der Waals surface area (Å²) < 4.78 is 7.69. The number of esters is 1. The Bertz CT molecular complexity index is 1000. The zero-order chi connectivity index (χ0) is 19.0. The highest BCUT2D eigenvalue weighted by Crippen LogP contribution is 2.44. The van der Waals surface area contributed by atoms with Crippen LogP contribution in [0.2, 0.25) is 0 Å². The Morgan fingerprint density at radius 2 is 2.00 bits per heavy atom. The molecular formula is C20H20BrN3O2S. The molecule has 2 aromatic carbocycles. The fourth-order valence-electron chi connectivity index (χ4n) is 3.25. The molecule has 1 saturated carbocycles. The zero-order valence-corrected chi connectivity index (χ0v) is 17.6. The topological polar surface area (TPSA) is 57.0 Å². The molecule has 140 valence electrons. The van der Waals surface area contributed by atoms with Crippen LogP contribution in [0, 0.1) is 0 Å². The van der Waals surface area contributed by atoms with Gasteiger partial charge in [0.1, 0.15) is 5.25 Å². The van der Waals surface area contributed by atoms with Gasteiger partial charge in [0.15, 0.2) is 5.16 Å². The van der Waals surface area contributed by atoms with Crippen LogP contribution in [0.4, 0.5) is 0 Å². The lowest BCUT2D eigenvalue weighted by molar-refractivity contribution is -0.142. The summed E-state index contributed by atoms with van der Waals surface area (Å²) in [7, 11) is 0. The first-order valence-corrected chi connectivity index (χ1v) is 10.7. The molecule has 1 aromatic heterocycles. The lowest BCUT2D eigenvalue weighted by atomic mass is 9.99. The molecule has 4 rings (SSSR count). The quantitative estimate of drug-likeness (QED) is 0.389. The molecular weight excluding hydrogens is 426 g/mol. The van der Waals surface area contributed by atoms with Crippen molar-refractivity contribution in [2.45, 2.75) is 43.0 Å². The number of rotatable bonds is 6. The molecule has 5 nitrogen and oxygen atoms in total. The van der Waals surface area contributed by atoms with Crippen molar-refractivity contribution in [2.75, 3.05) is 6.61 Å². The van der Waals surface area contributed by atoms with Crippen molar-refractivity contribution in [1.29, 1.82) is 0 Å². The van der Waals surface area contributed by atoms with Crippen molar-refractivity contribution in [2.24, 2.45) is 0 Å². The molecule has 0 N–H and O–H groups in total. The summed E-state index contributed by atoms with van der Waals surface area (Å²) in [4.78, 5) is 12.0. The average Bonchev–Trinajstić information content (AvgIpc) is 3.45. The number of carbonyl (C=O) groups excluding carboxylic acids is 1. The fourth-order valence-corrected chi connectivity index (χ4v) is 4.66. The third-order valence-electron chi connectivity index (χ3n) is 4.69. The molecule has 0 spiro atoms. The van der Waals surface area contributed by atoms with E-state index in [4.69, 9.17) is 4.74 Å². The van der Waals surface area contributed by atoms with E-state index >= 15 is 0 Å². The van der Waals surface area contributed by atoms with Crippen LogP contribution < -0.4 is 0 Å². The van der Waals surface area contributed by atoms with Crippen molar-refractivity contribution in [1.82, 2.24) is 14.8 Å². The van der Waals surface area contributed by atoms with Crippen LogP contribution in [0.1, 0.15) is 38.2 Å². The van der Waals surface area contributed by atoms with Gasteiger partial charge in [-0.1, -0.05) is 42.1 Å². The Balaban J connectivity index is 1.77. The minimum absolute atomic E-state index is 0.248. The summed E-state index contributed by atoms with van der Waals surface area (Å²) in [5, 5.41) is 11.2. The number of aromatic nitrogens is 3. The van der Waals surface area contributed by atoms with E-state index in [1.54, 1.807) is 0 Å². The number of hydrogen-bond donors (Lipinski definition) is 0. The highest BCUT2D eigenvalue weighted by molar-refractivity contribution is 9.10. The second-order valence-corrected chi connectivity index (χ2v) is 8.61. The van der Waals surface area contributed by atoms with E-state index in [0.29, 0.717) is 22.4 Å². The molecule has 0 saturated heterocycles. The molecule has 27 heavy (non-hydrogen) atoms. The maximum atomic E-state index is 12.0. The minimum atomic E-state index is -0.364. The van der Waals surface area contributed by atoms with Gasteiger partial charge in [-0.05, 0) is 65.6 Å². The van der Waals surface area contributed by atoms with E-state index in [0.717, 1.165) is 11.1 Å². The van der Waals surface area contributed by atoms with E-state index in [2.05, 4.69) is 62.5 Å². The third kappa shape index (κ3) is 3.62. The van der Waals surface area contributed by atoms with E-state index in [1.807, 2.05) is 18.4 Å². The average molecular weight is 446 g/mol. The fraction of sp³-hybridized carbons (Fsp3) is 0.350. The Kier molecular flexibility index (Phi) is 5.23. The predicted molar refractivity (Wildman–Crippen MR) is 110 cm³/mol. The summed E-state index contributed by atoms with van der Waals surface area (Å²) >= 11 is 4.87. The number of thioether (sulfide) groups is 1. The second kappa shape index (κ2) is 7.64. The molecule has 0 bridgehead atoms. The molecule has 0 amide bonds. The summed E-state index contributed by atoms with van der Waals surface area (Å²) in [5.74, 6) is 0.424. The Labute approximate surface area is 170 Å². The van der Waals surface area contributed by atoms with E-state index < -0.39 is 0 Å². The van der Waals surface area contributed by atoms with Crippen LogP contribution in [-0.4, -0.2) is 32.6 Å². The first-order valence-electron chi connectivity index (χ1n) is 9.06. The maximum Gasteiger partial charge on any atom is 0.319 e. The Morgan fingerprint density at radius 1 is 1.26 bits per heavy atom. The van der Waals surface area contributed by atoms with Gasteiger partial charge in [0, 0.05) is 5.39 Å². The van der Waals surface area contributed by atoms with Crippen molar-refractivity contribution >= 4 is 44.4 Å². The Morgan fingerprint density at radius 3 is 2.70 bits per heavy atom. The first-order chi connectivity index (χ1) is 13.1. The number of ether oxygens (including phenoxy) is 1. The van der Waals surface area contributed by atoms with Crippen molar-refractivity contribution in [3.8, 4) is 5.69 Å². The number of halogens is 1. The molecule has 1 unspecified atom stereocenters. The standard InChI is InChI=1S/C20H20BrN3O2S/c1-3-26-18(25)12(2)27-20-23-22-19(21)24(20)17-11-10-14(13-8-9-13)15-6-4-5-7-16(15)17/h4-7,10-13H,3,8-9H2,1-2H3. The van der Waals surface area contributed by atoms with E-state index in [1.165, 1.54) is 35.6 Å². The molecule has 7 heteroatoms. The van der Waals surface area contributed by atoms with E-state index in [9.17, 15) is 4.79 Å². The number of hydrogen-bond acceptors (Lipinski definition) is 5. The van der Waals surface area contributed by atoms with Gasteiger partial charge in [0.25, 0.3) is 0 Å². The second-order valence-electron chi connectivity index (χ2n) is 6.59. The van der Waals surface area contributed by atoms with Crippen LogP contribution in [0.5, 0.6) is 0 Å². The normalized spacial score (nSPS) is 15.1. The molecule has 3 aromatic rings. The molecule has 1 fully saturated rings. The van der Waals surface area contributed by atoms with Gasteiger partial charge in [-0.15, -0.1) is 10.2 Å². The predicted octanol–water partition coefficient (Wildman–Crippen LogP) is 5.10. The van der Waals surface area contributed by atoms with Crippen LogP contribution in [0.3, 0.4) is 0 Å². The Hall–Kier alpha value is -1.86. The molecule has 1 heterocycles. The van der Waals surface area contributed by atoms with E-state index in [-0.39, 0.29) is 11.2 Å². The molecule has 1 atom stereocenters. The summed E-state index contributed by atoms with van der Waals surface area (Å²) in [6.07, 6.45) is 2.52. The molecule has 1 aliphatic carbocycles. The lowest BCUT2D eigenvalue weighted by Crippen LogP contribution is -2.17. The summed E-state index contributed by atoms with van der Waals surface area (Å²) in [6.45, 7) is 4.00. The van der Waals surface area contributed by atoms with Gasteiger partial charge in [-0.2, -0.15) is 0 Å². The number of nitrogens with zero attached hydrogens (tertiary/aromatic N) is 3. The van der Waals surface area contributed by atoms with Crippen LogP contribution >= 0.6 is 27.7 Å². The third-order valence-corrected chi connectivity index (χ3v) is 6.22. The number of carbonyl (C=O) groups is 1. The van der Waals surface area contributed by atoms with Gasteiger partial charge in [-0.25, -0.2) is 0 Å². The number of benzene rings is 2. The molecule has 0 aliphatic heterocycles. The highest BCUT2D eigenvalue weighted by Gasteiger charge is 2.27. The highest BCUT2D eigenvalue weighted by atomic mass is 79.9. The van der Waals surface area contributed by atoms with Crippen LogP contribution in [0.15, 0.2) is 46.3 Å². The van der Waals surface area contributed by atoms with Crippen molar-refractivity contribution in [3.05, 3.63) is 46.7 Å². The lowest BCUT2D eigenvalue weighted by Gasteiger charge is -2.15. The monoisotopic (exact) mass is 445 g/mol. The smallest absolute Gasteiger partial charge is 0.319 e. The van der Waals surface area contributed by atoms with Gasteiger partial charge >= 0.3 is 5.97 Å². The van der Waals surface area contributed by atoms with Crippen LogP contribution in [-0.2, 0) is 9.53 Å². The van der Waals surface area contributed by atoms with Gasteiger partial charge in [0.05, 0.1) is 12.3 Å². The van der Waals surface area contributed by atoms with Crippen LogP contribution in [0.25, 0.3) is 16.5 Å². The van der Waals surface area contributed by atoms with Gasteiger partial charge in [0.2, 0.25) is 4.73 Å². The van der Waals surface area contributed by atoms with Crippen molar-refractivity contribution < 1.29 is 9.53 Å². The van der Waals surface area contributed by atoms with Crippen molar-refractivity contribution in [3.63, 3.8) is 0 Å². The SMILES string of the molecule is CCOC(=O)C(C)Sc1nnc(Br)n1-c1ccc(C2CC2)c2ccccc12. The molecule has 1 aliphatic rings. The maximum absolute atomic E-state index is 12.0. The first kappa shape index (κ1) is 18.5. The molecule has 0 radical (unpaired) electrons. The summed E-state index contributed by atoms with van der Waals surface area (Å²) in [5.41, 5.74) is 2.41.